The Morgan fingerprint density at radius 3 is 2.47 bits per heavy atom. The normalized spacial score (nSPS) is 11.1. The Labute approximate surface area is 101 Å². The molecule has 1 aromatic carbocycles. The average molecular weight is 264 g/mol. The van der Waals surface area contributed by atoms with E-state index >= 15 is 0 Å². The fraction of sp³-hybridized carbons (Fsp3) is 0.100. The van der Waals surface area contributed by atoms with Crippen LogP contribution in [-0.2, 0) is 6.18 Å². The molecule has 0 saturated carbocycles. The van der Waals surface area contributed by atoms with E-state index in [9.17, 15) is 13.2 Å². The molecule has 7 heteroatoms. The fourth-order valence-electron chi connectivity index (χ4n) is 1.45. The lowest BCUT2D eigenvalue weighted by Gasteiger charge is -2.09. The van der Waals surface area contributed by atoms with E-state index in [2.05, 4.69) is 10.4 Å². The van der Waals surface area contributed by atoms with Crippen molar-refractivity contribution in [3.8, 4) is 0 Å². The third-order valence-electron chi connectivity index (χ3n) is 2.23. The Hall–Kier alpha value is -1.53. The lowest BCUT2D eigenvalue weighted by molar-refractivity contribution is -0.137. The summed E-state index contributed by atoms with van der Waals surface area (Å²) >= 11 is 0. The first-order chi connectivity index (χ1) is 7.52. The predicted molar refractivity (Wildman–Crippen MR) is 61.8 cm³/mol. The van der Waals surface area contributed by atoms with E-state index in [1.54, 1.807) is 6.07 Å². The third-order valence-corrected chi connectivity index (χ3v) is 2.23. The molecule has 17 heavy (non-hydrogen) atoms. The first-order valence-electron chi connectivity index (χ1n) is 4.45. The van der Waals surface area contributed by atoms with Crippen molar-refractivity contribution < 1.29 is 13.2 Å². The van der Waals surface area contributed by atoms with Crippen molar-refractivity contribution >= 4 is 29.0 Å². The standard InChI is InChI=1S/C10H8F3N3.ClH/c11-10(12,13)6-1-2-7-8(16-14)3-4-15-9(7)5-6;/h1-5H,14H2,(H,15,16);1H. The Morgan fingerprint density at radius 1 is 1.18 bits per heavy atom. The summed E-state index contributed by atoms with van der Waals surface area (Å²) in [5, 5.41) is 0.554. The van der Waals surface area contributed by atoms with Gasteiger partial charge in [-0.05, 0) is 18.2 Å². The quantitative estimate of drug-likeness (QED) is 0.614. The van der Waals surface area contributed by atoms with E-state index in [1.807, 2.05) is 0 Å². The van der Waals surface area contributed by atoms with Gasteiger partial charge >= 0.3 is 6.18 Å². The summed E-state index contributed by atoms with van der Waals surface area (Å²) in [4.78, 5) is 3.87. The van der Waals surface area contributed by atoms with Crippen LogP contribution in [0.5, 0.6) is 0 Å². The highest BCUT2D eigenvalue weighted by Gasteiger charge is 2.30. The molecule has 1 aromatic heterocycles. The first kappa shape index (κ1) is 13.5. The van der Waals surface area contributed by atoms with Gasteiger partial charge in [-0.1, -0.05) is 6.07 Å². The van der Waals surface area contributed by atoms with Crippen LogP contribution < -0.4 is 11.3 Å². The summed E-state index contributed by atoms with van der Waals surface area (Å²) in [6.45, 7) is 0. The molecule has 3 nitrogen and oxygen atoms in total. The summed E-state index contributed by atoms with van der Waals surface area (Å²) in [5.41, 5.74) is 2.48. The van der Waals surface area contributed by atoms with Gasteiger partial charge in [0.25, 0.3) is 0 Å². The van der Waals surface area contributed by atoms with Crippen molar-refractivity contribution in [3.05, 3.63) is 36.0 Å². The number of halogens is 4. The minimum absolute atomic E-state index is 0. The highest BCUT2D eigenvalue weighted by atomic mass is 35.5. The molecule has 92 valence electrons. The van der Waals surface area contributed by atoms with Crippen molar-refractivity contribution in [1.29, 1.82) is 0 Å². The second-order valence-electron chi connectivity index (χ2n) is 3.23. The van der Waals surface area contributed by atoms with Gasteiger partial charge in [0.1, 0.15) is 0 Å². The van der Waals surface area contributed by atoms with Crippen LogP contribution in [0.25, 0.3) is 10.9 Å². The molecule has 0 saturated heterocycles. The molecule has 0 amide bonds. The Morgan fingerprint density at radius 2 is 1.88 bits per heavy atom. The van der Waals surface area contributed by atoms with Crippen molar-refractivity contribution in [2.45, 2.75) is 6.18 Å². The molecule has 0 atom stereocenters. The number of nitrogen functional groups attached to an aromatic ring is 1. The number of nitrogens with one attached hydrogen (secondary N) is 1. The van der Waals surface area contributed by atoms with Gasteiger partial charge in [-0.25, -0.2) is 0 Å². The lowest BCUT2D eigenvalue weighted by atomic mass is 10.1. The second-order valence-corrected chi connectivity index (χ2v) is 3.23. The predicted octanol–water partition coefficient (Wildman–Crippen LogP) is 2.96. The SMILES string of the molecule is Cl.NNc1ccnc2cc(C(F)(F)F)ccc12. The molecule has 1 heterocycles. The number of hydrazine groups is 1. The maximum Gasteiger partial charge on any atom is 0.416 e. The zero-order valence-electron chi connectivity index (χ0n) is 8.45. The maximum absolute atomic E-state index is 12.4. The van der Waals surface area contributed by atoms with E-state index in [1.165, 1.54) is 12.3 Å². The van der Waals surface area contributed by atoms with E-state index in [0.717, 1.165) is 12.1 Å². The van der Waals surface area contributed by atoms with E-state index in [-0.39, 0.29) is 17.9 Å². The molecule has 0 spiro atoms. The molecule has 2 aromatic rings. The van der Waals surface area contributed by atoms with Crippen LogP contribution in [0.15, 0.2) is 30.5 Å². The second kappa shape index (κ2) is 4.77. The number of nitrogens with zero attached hydrogens (tertiary/aromatic N) is 1. The van der Waals surface area contributed by atoms with Crippen molar-refractivity contribution in [3.63, 3.8) is 0 Å². The molecular weight excluding hydrogens is 255 g/mol. The van der Waals surface area contributed by atoms with E-state index in [4.69, 9.17) is 5.84 Å². The number of anilines is 1. The zero-order valence-corrected chi connectivity index (χ0v) is 9.27. The van der Waals surface area contributed by atoms with Gasteiger partial charge in [-0.2, -0.15) is 13.2 Å². The van der Waals surface area contributed by atoms with Crippen LogP contribution in [0.2, 0.25) is 0 Å². The molecule has 3 N–H and O–H groups in total. The number of alkyl halides is 3. The number of hydrogen-bond donors (Lipinski definition) is 2. The third kappa shape index (κ3) is 2.59. The number of hydrogen-bond acceptors (Lipinski definition) is 3. The lowest BCUT2D eigenvalue weighted by Crippen LogP contribution is -2.08. The minimum Gasteiger partial charge on any atom is -0.323 e. The van der Waals surface area contributed by atoms with Crippen LogP contribution in [0.3, 0.4) is 0 Å². The van der Waals surface area contributed by atoms with Crippen LogP contribution in [0.4, 0.5) is 18.9 Å². The van der Waals surface area contributed by atoms with Crippen LogP contribution in [0.1, 0.15) is 5.56 Å². The van der Waals surface area contributed by atoms with Gasteiger partial charge in [0.15, 0.2) is 0 Å². The number of rotatable bonds is 1. The summed E-state index contributed by atoms with van der Waals surface area (Å²) in [6, 6.07) is 4.94. The molecule has 0 radical (unpaired) electrons. The highest BCUT2D eigenvalue weighted by Crippen LogP contribution is 2.32. The monoisotopic (exact) mass is 263 g/mol. The fourth-order valence-corrected chi connectivity index (χ4v) is 1.45. The molecule has 2 rings (SSSR count). The van der Waals surface area contributed by atoms with Gasteiger partial charge in [0.2, 0.25) is 0 Å². The summed E-state index contributed by atoms with van der Waals surface area (Å²) < 4.78 is 37.3. The molecule has 0 aliphatic rings. The Bertz CT molecular complexity index is 528. The number of fused-ring (bicyclic) bond motifs is 1. The maximum atomic E-state index is 12.4. The number of benzene rings is 1. The molecule has 0 fully saturated rings. The largest absolute Gasteiger partial charge is 0.416 e. The topological polar surface area (TPSA) is 50.9 Å². The summed E-state index contributed by atoms with van der Waals surface area (Å²) in [6.07, 6.45) is -2.96. The van der Waals surface area contributed by atoms with Crippen molar-refractivity contribution in [2.24, 2.45) is 5.84 Å². The number of pyridine rings is 1. The molecule has 0 unspecified atom stereocenters. The summed E-state index contributed by atoms with van der Waals surface area (Å²) in [5.74, 6) is 5.24. The smallest absolute Gasteiger partial charge is 0.323 e. The van der Waals surface area contributed by atoms with Gasteiger partial charge < -0.3 is 5.43 Å². The van der Waals surface area contributed by atoms with E-state index < -0.39 is 11.7 Å². The molecule has 0 bridgehead atoms. The van der Waals surface area contributed by atoms with Gasteiger partial charge in [-0.3, -0.25) is 10.8 Å². The number of aromatic nitrogens is 1. The average Bonchev–Trinajstić information content (AvgIpc) is 2.26. The van der Waals surface area contributed by atoms with Crippen LogP contribution in [-0.4, -0.2) is 4.98 Å². The molecule has 0 aliphatic heterocycles. The summed E-state index contributed by atoms with van der Waals surface area (Å²) in [7, 11) is 0. The van der Waals surface area contributed by atoms with Gasteiger partial charge in [-0.15, -0.1) is 12.4 Å². The first-order valence-corrected chi connectivity index (χ1v) is 4.45. The minimum atomic E-state index is -4.36. The van der Waals surface area contributed by atoms with Gasteiger partial charge in [0.05, 0.1) is 16.8 Å². The number of nitrogens with two attached hydrogens (primary N) is 1. The van der Waals surface area contributed by atoms with Crippen molar-refractivity contribution in [2.75, 3.05) is 5.43 Å². The Balaban J connectivity index is 0.00000144. The van der Waals surface area contributed by atoms with Crippen LogP contribution in [0, 0.1) is 0 Å². The van der Waals surface area contributed by atoms with E-state index in [0.29, 0.717) is 11.1 Å². The highest BCUT2D eigenvalue weighted by molar-refractivity contribution is 5.91. The molecular formula is C10H9ClF3N3. The van der Waals surface area contributed by atoms with Crippen LogP contribution >= 0.6 is 12.4 Å². The Kier molecular flexibility index (Phi) is 3.79. The zero-order chi connectivity index (χ0) is 11.8. The van der Waals surface area contributed by atoms with Gasteiger partial charge in [0, 0.05) is 11.6 Å². The van der Waals surface area contributed by atoms with Crippen molar-refractivity contribution in [1.82, 2.24) is 4.98 Å². The molecule has 0 aliphatic carbocycles.